The van der Waals surface area contributed by atoms with Crippen molar-refractivity contribution in [2.45, 2.75) is 44.4 Å². The maximum atomic E-state index is 13.3. The summed E-state index contributed by atoms with van der Waals surface area (Å²) < 4.78 is 0. The Balaban J connectivity index is 1.44. The molecular formula is C24H31N5O4. The number of aliphatic hydroxyl groups excluding tert-OH is 1. The van der Waals surface area contributed by atoms with Crippen LogP contribution in [-0.4, -0.2) is 82.8 Å². The highest BCUT2D eigenvalue weighted by molar-refractivity contribution is 5.90. The van der Waals surface area contributed by atoms with E-state index in [-0.39, 0.29) is 18.1 Å². The Kier molecular flexibility index (Phi) is 7.10. The number of amides is 2. The Morgan fingerprint density at radius 1 is 1.30 bits per heavy atom. The number of β-amino-alcohol motifs (C(OH)–C–C–N with tert-alkyl or cyclic N) is 1. The highest BCUT2D eigenvalue weighted by atomic mass is 16.5. The van der Waals surface area contributed by atoms with Crippen LogP contribution in [0.25, 0.3) is 5.57 Å². The second-order valence-electron chi connectivity index (χ2n) is 9.20. The molecule has 0 aliphatic carbocycles. The molecule has 0 saturated carbocycles. The van der Waals surface area contributed by atoms with Crippen molar-refractivity contribution in [2.75, 3.05) is 32.7 Å². The number of nitrogens with one attached hydrogen (secondary N) is 2. The Bertz CT molecular complexity index is 988. The first-order chi connectivity index (χ1) is 15.9. The summed E-state index contributed by atoms with van der Waals surface area (Å²) in [4.78, 5) is 29.7. The van der Waals surface area contributed by atoms with Crippen molar-refractivity contribution in [3.63, 3.8) is 0 Å². The number of benzene rings is 1. The monoisotopic (exact) mass is 453 g/mol. The third-order valence-electron chi connectivity index (χ3n) is 7.15. The van der Waals surface area contributed by atoms with Gasteiger partial charge in [0.15, 0.2) is 0 Å². The zero-order valence-electron chi connectivity index (χ0n) is 18.8. The van der Waals surface area contributed by atoms with Crippen LogP contribution in [0, 0.1) is 24.2 Å². The van der Waals surface area contributed by atoms with Crippen molar-refractivity contribution < 1.29 is 19.9 Å². The van der Waals surface area contributed by atoms with Crippen LogP contribution in [0.15, 0.2) is 24.3 Å². The van der Waals surface area contributed by atoms with Gasteiger partial charge in [-0.15, -0.1) is 0 Å². The molecule has 2 fully saturated rings. The molecule has 4 atom stereocenters. The molecule has 4 rings (SSSR count). The maximum Gasteiger partial charge on any atom is 0.248 e. The molecule has 1 aromatic rings. The molecule has 2 amide bonds. The highest BCUT2D eigenvalue weighted by Crippen LogP contribution is 2.29. The van der Waals surface area contributed by atoms with E-state index in [4.69, 9.17) is 5.26 Å². The van der Waals surface area contributed by atoms with Crippen molar-refractivity contribution in [1.29, 1.82) is 5.26 Å². The second kappa shape index (κ2) is 10.0. The van der Waals surface area contributed by atoms with Crippen LogP contribution in [0.5, 0.6) is 0 Å². The largest absolute Gasteiger partial charge is 0.392 e. The fraction of sp³-hybridized carbons (Fsp3) is 0.542. The molecule has 3 aliphatic rings. The van der Waals surface area contributed by atoms with Crippen molar-refractivity contribution in [3.05, 3.63) is 41.0 Å². The lowest BCUT2D eigenvalue weighted by Gasteiger charge is -2.41. The number of hydroxylamine groups is 1. The van der Waals surface area contributed by atoms with E-state index < -0.39 is 17.9 Å². The van der Waals surface area contributed by atoms with Crippen molar-refractivity contribution in [2.24, 2.45) is 5.92 Å². The van der Waals surface area contributed by atoms with Crippen LogP contribution < -0.4 is 10.8 Å². The van der Waals surface area contributed by atoms with Gasteiger partial charge in [0, 0.05) is 38.8 Å². The Hall–Kier alpha value is -2.77. The first-order valence-corrected chi connectivity index (χ1v) is 11.5. The number of carbonyl (C=O) groups excluding carboxylic acids is 2. The number of rotatable bonds is 4. The quantitative estimate of drug-likeness (QED) is 0.384. The molecule has 0 bridgehead atoms. The number of nitrogens with zero attached hydrogens (tertiary/aromatic N) is 3. The van der Waals surface area contributed by atoms with Gasteiger partial charge in [-0.05, 0) is 55.0 Å². The van der Waals surface area contributed by atoms with Gasteiger partial charge in [-0.25, -0.2) is 5.48 Å². The Labute approximate surface area is 193 Å². The van der Waals surface area contributed by atoms with Gasteiger partial charge in [-0.2, -0.15) is 5.26 Å². The number of nitriles is 1. The summed E-state index contributed by atoms with van der Waals surface area (Å²) in [6.07, 6.45) is 3.52. The zero-order valence-corrected chi connectivity index (χ0v) is 18.8. The highest BCUT2D eigenvalue weighted by Gasteiger charge is 2.43. The molecule has 4 N–H and O–H groups in total. The fourth-order valence-corrected chi connectivity index (χ4v) is 5.30. The summed E-state index contributed by atoms with van der Waals surface area (Å²) in [6.45, 7) is 4.84. The lowest BCUT2D eigenvalue weighted by atomic mass is 9.85. The van der Waals surface area contributed by atoms with E-state index >= 15 is 0 Å². The van der Waals surface area contributed by atoms with Crippen LogP contribution in [0.3, 0.4) is 0 Å². The van der Waals surface area contributed by atoms with E-state index in [2.05, 4.69) is 16.3 Å². The first kappa shape index (κ1) is 23.4. The Morgan fingerprint density at radius 2 is 2.12 bits per heavy atom. The number of aryl methyl sites for hydroxylation is 1. The summed E-state index contributed by atoms with van der Waals surface area (Å²) in [5, 5.41) is 31.5. The summed E-state index contributed by atoms with van der Waals surface area (Å²) >= 11 is 0. The molecule has 176 valence electrons. The minimum Gasteiger partial charge on any atom is -0.392 e. The molecular weight excluding hydrogens is 422 g/mol. The van der Waals surface area contributed by atoms with Gasteiger partial charge in [0.05, 0.1) is 29.7 Å². The number of hydrogen-bond acceptors (Lipinski definition) is 7. The normalized spacial score (nSPS) is 28.2. The molecule has 9 nitrogen and oxygen atoms in total. The fourth-order valence-electron chi connectivity index (χ4n) is 5.30. The molecule has 2 saturated heterocycles. The summed E-state index contributed by atoms with van der Waals surface area (Å²) in [5.74, 6) is -1.40. The predicted octanol–water partition coefficient (Wildman–Crippen LogP) is 0.401. The average Bonchev–Trinajstić information content (AvgIpc) is 3.29. The number of piperidine rings is 1. The predicted molar refractivity (Wildman–Crippen MR) is 121 cm³/mol. The van der Waals surface area contributed by atoms with Crippen LogP contribution in [0.2, 0.25) is 0 Å². The molecule has 9 heteroatoms. The van der Waals surface area contributed by atoms with E-state index in [9.17, 15) is 19.9 Å². The molecule has 0 radical (unpaired) electrons. The molecule has 33 heavy (non-hydrogen) atoms. The number of aliphatic hydroxyl groups is 1. The van der Waals surface area contributed by atoms with Crippen LogP contribution in [-0.2, 0) is 9.59 Å². The molecule has 3 aliphatic heterocycles. The van der Waals surface area contributed by atoms with Gasteiger partial charge in [0.1, 0.15) is 0 Å². The molecule has 1 unspecified atom stereocenters. The van der Waals surface area contributed by atoms with Gasteiger partial charge in [-0.1, -0.05) is 12.1 Å². The Morgan fingerprint density at radius 3 is 2.73 bits per heavy atom. The average molecular weight is 454 g/mol. The van der Waals surface area contributed by atoms with Gasteiger partial charge >= 0.3 is 0 Å². The standard InChI is InChI=1S/C24H31N5O4/c1-15-10-16(12-25)2-3-20(15)17-4-7-28(8-5-17)24(32)22-21(23(31)27-33)11-18(13-26-22)29-9-6-19(30)14-29/h2-4,10,18-19,21-22,26,30,33H,5-9,11,13-14H2,1H3,(H,27,31)/t18?,19-,21+,22+/m1/s1. The number of likely N-dealkylation sites (tertiary alicyclic amines) is 1. The van der Waals surface area contributed by atoms with E-state index in [1.54, 1.807) is 16.4 Å². The lowest BCUT2D eigenvalue weighted by molar-refractivity contribution is -0.144. The van der Waals surface area contributed by atoms with E-state index in [0.29, 0.717) is 51.0 Å². The van der Waals surface area contributed by atoms with E-state index in [0.717, 1.165) is 23.2 Å². The molecule has 1 aromatic carbocycles. The smallest absolute Gasteiger partial charge is 0.248 e. The second-order valence-corrected chi connectivity index (χ2v) is 9.20. The topological polar surface area (TPSA) is 129 Å². The third kappa shape index (κ3) is 4.94. The van der Waals surface area contributed by atoms with E-state index in [1.165, 1.54) is 0 Å². The zero-order chi connectivity index (χ0) is 23.5. The SMILES string of the molecule is Cc1cc(C#N)ccc1C1=CCN(C(=O)[C@H]2NCC(N3CC[C@@H](O)C3)C[C@@H]2C(=O)NO)CC1. The van der Waals surface area contributed by atoms with Crippen molar-refractivity contribution in [3.8, 4) is 6.07 Å². The van der Waals surface area contributed by atoms with Crippen molar-refractivity contribution >= 4 is 17.4 Å². The van der Waals surface area contributed by atoms with Gasteiger partial charge in [-0.3, -0.25) is 19.7 Å². The minimum absolute atomic E-state index is 0.0284. The first-order valence-electron chi connectivity index (χ1n) is 11.5. The minimum atomic E-state index is -0.701. The van der Waals surface area contributed by atoms with Gasteiger partial charge < -0.3 is 15.3 Å². The third-order valence-corrected chi connectivity index (χ3v) is 7.15. The number of carbonyl (C=O) groups is 2. The lowest BCUT2D eigenvalue weighted by Crippen LogP contribution is -2.62. The van der Waals surface area contributed by atoms with Gasteiger partial charge in [0.2, 0.25) is 11.8 Å². The van der Waals surface area contributed by atoms with Crippen molar-refractivity contribution in [1.82, 2.24) is 20.6 Å². The summed E-state index contributed by atoms with van der Waals surface area (Å²) in [6, 6.07) is 7.11. The van der Waals surface area contributed by atoms with Gasteiger partial charge in [0.25, 0.3) is 0 Å². The maximum absolute atomic E-state index is 13.3. The summed E-state index contributed by atoms with van der Waals surface area (Å²) in [5.41, 5.74) is 5.63. The summed E-state index contributed by atoms with van der Waals surface area (Å²) in [7, 11) is 0. The number of hydrogen-bond donors (Lipinski definition) is 4. The molecule has 0 aromatic heterocycles. The van der Waals surface area contributed by atoms with Crippen LogP contribution in [0.1, 0.15) is 36.0 Å². The molecule has 3 heterocycles. The van der Waals surface area contributed by atoms with Crippen LogP contribution in [0.4, 0.5) is 0 Å². The van der Waals surface area contributed by atoms with E-state index in [1.807, 2.05) is 25.1 Å². The van der Waals surface area contributed by atoms with Crippen LogP contribution >= 0.6 is 0 Å². The molecule has 0 spiro atoms.